The van der Waals surface area contributed by atoms with Crippen LogP contribution in [0.3, 0.4) is 0 Å². The molecule has 1 aromatic heterocycles. The lowest BCUT2D eigenvalue weighted by molar-refractivity contribution is -0.136. The number of hydrogen-bond acceptors (Lipinski definition) is 12. The minimum atomic E-state index is -1.74. The second kappa shape index (κ2) is 30.1. The molecule has 1 aliphatic heterocycles. The van der Waals surface area contributed by atoms with Crippen molar-refractivity contribution < 1.29 is 47.9 Å². The van der Waals surface area contributed by atoms with Gasteiger partial charge in [-0.2, -0.15) is 0 Å². The lowest BCUT2D eigenvalue weighted by Gasteiger charge is -2.27. The summed E-state index contributed by atoms with van der Waals surface area (Å²) in [7, 11) is 0. The van der Waals surface area contributed by atoms with Crippen molar-refractivity contribution in [2.24, 2.45) is 56.2 Å². The first kappa shape index (κ1) is 60.2. The number of ketones is 2. The third kappa shape index (κ3) is 20.1. The van der Waals surface area contributed by atoms with Crippen molar-refractivity contribution >= 4 is 81.6 Å². The first-order chi connectivity index (χ1) is 36.1. The van der Waals surface area contributed by atoms with Crippen LogP contribution >= 0.6 is 0 Å². The Kier molecular flexibility index (Phi) is 23.8. The first-order valence-electron chi connectivity index (χ1n) is 25.2. The highest BCUT2D eigenvalue weighted by atomic mass is 16.2. The van der Waals surface area contributed by atoms with E-state index in [9.17, 15) is 47.9 Å². The van der Waals surface area contributed by atoms with E-state index in [2.05, 4.69) is 46.9 Å². The van der Waals surface area contributed by atoms with E-state index >= 15 is 0 Å². The predicted molar refractivity (Wildman–Crippen MR) is 283 cm³/mol. The summed E-state index contributed by atoms with van der Waals surface area (Å²) in [5.41, 5.74) is 36.3. The molecule has 76 heavy (non-hydrogen) atoms. The average molecular weight is 1060 g/mol. The molecule has 0 aliphatic carbocycles. The molecule has 25 nitrogen and oxygen atoms in total. The number of Topliss-reactive ketones (excluding diaryl/α,β-unsaturated/α-hetero) is 2. The Morgan fingerprint density at radius 3 is 2.05 bits per heavy atom. The van der Waals surface area contributed by atoms with Gasteiger partial charge >= 0.3 is 0 Å². The van der Waals surface area contributed by atoms with Gasteiger partial charge in [-0.3, -0.25) is 57.9 Å². The van der Waals surface area contributed by atoms with E-state index in [1.165, 1.54) is 6.92 Å². The standard InChI is InChI=1S/C51H73N15O10/c1-28-10-3-4-11-30(28)23-39-42(69)24-31(12-7-20-59-50(54)55)41(68)25-32(22-33-27-61-35-14-6-5-13-34(33)35)46(73)63-36(45(53)72)15-8-19-58-44(71)18-17-38(48(75)66-40(26-43(52)70)49(76)65-39)64-47(74)37(62-29(2)67)16-9-21-60-51(56)57/h3-6,10-11,13-14,27,31-32,36-40,61H,7-9,12,15-26H2,1-2H3,(H2,52,70)(H2,53,72)(H,58,71)(H,62,67)(H,63,73)(H,64,74)(H,65,76)(H,66,75)(H4,54,55,59)(H4,56,57,60)/t31-,32-,36+,37+,38+,39-,40+/m1/s1. The van der Waals surface area contributed by atoms with Crippen LogP contribution in [0.5, 0.6) is 0 Å². The number of primary amides is 2. The van der Waals surface area contributed by atoms with Crippen LogP contribution in [-0.4, -0.2) is 126 Å². The van der Waals surface area contributed by atoms with Gasteiger partial charge in [0.2, 0.25) is 47.3 Å². The Bertz CT molecular complexity index is 2630. The number of para-hydroxylation sites is 1. The number of aliphatic imine (C=N–C) groups is 2. The number of carbonyl (C=O) groups is 10. The minimum Gasteiger partial charge on any atom is -0.370 e. The molecular formula is C51H73N15O10. The summed E-state index contributed by atoms with van der Waals surface area (Å²) in [6.07, 6.45) is -0.117. The van der Waals surface area contributed by atoms with Gasteiger partial charge in [0, 0.05) is 74.8 Å². The summed E-state index contributed by atoms with van der Waals surface area (Å²) in [5.74, 6) is -10.3. The van der Waals surface area contributed by atoms with Crippen molar-refractivity contribution in [1.29, 1.82) is 0 Å². The summed E-state index contributed by atoms with van der Waals surface area (Å²) >= 11 is 0. The zero-order valence-corrected chi connectivity index (χ0v) is 43.0. The van der Waals surface area contributed by atoms with Gasteiger partial charge in [0.1, 0.15) is 30.0 Å². The third-order valence-electron chi connectivity index (χ3n) is 12.9. The number of carbonyl (C=O) groups excluding carboxylic acids is 10. The van der Waals surface area contributed by atoms with Crippen LogP contribution in [0.4, 0.5) is 0 Å². The molecule has 19 N–H and O–H groups in total. The van der Waals surface area contributed by atoms with Crippen LogP contribution in [0.15, 0.2) is 64.7 Å². The summed E-state index contributed by atoms with van der Waals surface area (Å²) < 4.78 is 0. The lowest BCUT2D eigenvalue weighted by Crippen LogP contribution is -2.58. The van der Waals surface area contributed by atoms with E-state index in [1.807, 2.05) is 24.3 Å². The molecular weight excluding hydrogens is 983 g/mol. The minimum absolute atomic E-state index is 0.0141. The molecule has 0 saturated carbocycles. The molecule has 8 amide bonds. The second-order valence-corrected chi connectivity index (χ2v) is 18.9. The largest absolute Gasteiger partial charge is 0.370 e. The van der Waals surface area contributed by atoms with Gasteiger partial charge in [-0.05, 0) is 87.5 Å². The summed E-state index contributed by atoms with van der Waals surface area (Å²) in [5, 5.41) is 16.4. The fourth-order valence-electron chi connectivity index (χ4n) is 8.83. The highest BCUT2D eigenvalue weighted by Gasteiger charge is 2.36. The van der Waals surface area contributed by atoms with Gasteiger partial charge in [0.25, 0.3) is 0 Å². The maximum atomic E-state index is 14.8. The Labute approximate surface area is 440 Å². The Morgan fingerprint density at radius 2 is 1.38 bits per heavy atom. The number of rotatable bonds is 18. The Balaban J connectivity index is 1.79. The van der Waals surface area contributed by atoms with Gasteiger partial charge in [-0.1, -0.05) is 42.5 Å². The molecule has 25 heteroatoms. The number of H-pyrrole nitrogens is 1. The van der Waals surface area contributed by atoms with Gasteiger partial charge in [-0.25, -0.2) is 0 Å². The SMILES string of the molecule is CC(=O)N[C@@H](CCCN=C(N)N)C(=O)N[C@H]1CCC(=O)NCCC[C@@H](C(N)=O)NC(=O)[C@H](Cc2c[nH]c3ccccc23)CC(=O)[C@H](CCCN=C(N)N)CC(=O)[C@@H](Cc2ccccc2C)NC(=O)[C@H](CC(N)=O)NC1=O. The normalized spacial score (nSPS) is 21.1. The molecule has 412 valence electrons. The number of nitrogens with zero attached hydrogens (tertiary/aromatic N) is 2. The number of aromatic nitrogens is 1. The number of amides is 8. The Morgan fingerprint density at radius 1 is 0.724 bits per heavy atom. The fourth-order valence-corrected chi connectivity index (χ4v) is 8.83. The number of hydrogen-bond donors (Lipinski definition) is 13. The lowest BCUT2D eigenvalue weighted by atomic mass is 9.83. The molecule has 0 radical (unpaired) electrons. The van der Waals surface area contributed by atoms with Crippen LogP contribution in [0.2, 0.25) is 0 Å². The van der Waals surface area contributed by atoms with Crippen molar-refractivity contribution in [1.82, 2.24) is 36.9 Å². The maximum Gasteiger partial charge on any atom is 0.243 e. The fraction of sp³-hybridized carbons (Fsp3) is 0.490. The van der Waals surface area contributed by atoms with Crippen LogP contribution in [-0.2, 0) is 60.8 Å². The van der Waals surface area contributed by atoms with Crippen molar-refractivity contribution in [2.45, 2.75) is 128 Å². The molecule has 0 bridgehead atoms. The van der Waals surface area contributed by atoms with Crippen LogP contribution in [0.25, 0.3) is 10.9 Å². The number of nitrogens with two attached hydrogens (primary N) is 6. The number of guanidine groups is 2. The maximum absolute atomic E-state index is 14.8. The molecule has 1 fully saturated rings. The molecule has 0 spiro atoms. The molecule has 3 aromatic rings. The summed E-state index contributed by atoms with van der Waals surface area (Å²) in [6, 6.07) is 7.27. The molecule has 2 heterocycles. The zero-order valence-electron chi connectivity index (χ0n) is 43.0. The van der Waals surface area contributed by atoms with E-state index in [0.29, 0.717) is 11.1 Å². The second-order valence-electron chi connectivity index (χ2n) is 18.9. The number of benzene rings is 2. The van der Waals surface area contributed by atoms with Crippen molar-refractivity contribution in [2.75, 3.05) is 19.6 Å². The van der Waals surface area contributed by atoms with Gasteiger partial charge in [0.15, 0.2) is 17.7 Å². The number of aromatic amines is 1. The molecule has 7 atom stereocenters. The van der Waals surface area contributed by atoms with E-state index in [-0.39, 0.29) is 95.8 Å². The van der Waals surface area contributed by atoms with Crippen molar-refractivity contribution in [3.8, 4) is 0 Å². The predicted octanol–water partition coefficient (Wildman–Crippen LogP) is -1.99. The topological polar surface area (TPSA) is 440 Å². The van der Waals surface area contributed by atoms with E-state index in [0.717, 1.165) is 16.5 Å². The number of fused-ring (bicyclic) bond motifs is 1. The zero-order chi connectivity index (χ0) is 55.9. The molecule has 1 saturated heterocycles. The van der Waals surface area contributed by atoms with Crippen LogP contribution in [0, 0.1) is 18.8 Å². The summed E-state index contributed by atoms with van der Waals surface area (Å²) in [4.78, 5) is 148. The highest BCUT2D eigenvalue weighted by molar-refractivity contribution is 5.99. The Hall–Kier alpha value is -8.38. The number of nitrogens with one attached hydrogen (secondary N) is 7. The van der Waals surface area contributed by atoms with E-state index < -0.39 is 120 Å². The first-order valence-corrected chi connectivity index (χ1v) is 25.2. The van der Waals surface area contributed by atoms with Crippen LogP contribution in [0.1, 0.15) is 94.2 Å². The quantitative estimate of drug-likeness (QED) is 0.0373. The molecule has 4 rings (SSSR count). The van der Waals surface area contributed by atoms with Gasteiger partial charge < -0.3 is 71.3 Å². The average Bonchev–Trinajstić information content (AvgIpc) is 3.76. The number of aryl methyl sites for hydroxylation is 1. The smallest absolute Gasteiger partial charge is 0.243 e. The van der Waals surface area contributed by atoms with Gasteiger partial charge in [-0.15, -0.1) is 0 Å². The van der Waals surface area contributed by atoms with E-state index in [1.54, 1.807) is 37.4 Å². The van der Waals surface area contributed by atoms with Crippen molar-refractivity contribution in [3.05, 3.63) is 71.4 Å². The van der Waals surface area contributed by atoms with Crippen LogP contribution < -0.4 is 66.3 Å². The van der Waals surface area contributed by atoms with Gasteiger partial charge in [0.05, 0.1) is 12.5 Å². The summed E-state index contributed by atoms with van der Waals surface area (Å²) in [6.45, 7) is 3.13. The molecule has 1 aliphatic rings. The van der Waals surface area contributed by atoms with E-state index in [4.69, 9.17) is 34.4 Å². The highest BCUT2D eigenvalue weighted by Crippen LogP contribution is 2.26. The molecule has 0 unspecified atom stereocenters. The third-order valence-corrected chi connectivity index (χ3v) is 12.9. The van der Waals surface area contributed by atoms with Crippen molar-refractivity contribution in [3.63, 3.8) is 0 Å². The monoisotopic (exact) mass is 1060 g/mol. The molecule has 2 aromatic carbocycles.